The summed E-state index contributed by atoms with van der Waals surface area (Å²) in [6, 6.07) is 10.7. The lowest BCUT2D eigenvalue weighted by Crippen LogP contribution is -2.65. The molecule has 274 valence electrons. The molecule has 0 radical (unpaired) electrons. The molecule has 0 aliphatic carbocycles. The largest absolute Gasteiger partial charge is 0.508 e. The lowest BCUT2D eigenvalue weighted by molar-refractivity contribution is -0.358. The highest BCUT2D eigenvalue weighted by Gasteiger charge is 2.54. The fraction of sp³-hybridized carbons (Fsp3) is 0.500. The molecule has 2 aromatic rings. The van der Waals surface area contributed by atoms with Gasteiger partial charge in [0.15, 0.2) is 42.4 Å². The molecule has 10 atom stereocenters. The summed E-state index contributed by atoms with van der Waals surface area (Å²) in [5.41, 5.74) is 1.27. The van der Waals surface area contributed by atoms with Gasteiger partial charge in [0.2, 0.25) is 0 Å². The Labute approximate surface area is 287 Å². The molecular weight excluding hydrogens is 664 g/mol. The van der Waals surface area contributed by atoms with E-state index < -0.39 is 85.9 Å². The zero-order valence-corrected chi connectivity index (χ0v) is 27.8. The van der Waals surface area contributed by atoms with Gasteiger partial charge in [0.05, 0.1) is 26.4 Å². The second-order valence-corrected chi connectivity index (χ2v) is 11.6. The van der Waals surface area contributed by atoms with Gasteiger partial charge in [0.25, 0.3) is 0 Å². The molecule has 50 heavy (non-hydrogen) atoms. The van der Waals surface area contributed by atoms with Gasteiger partial charge in [-0.15, -0.1) is 0 Å². The molecule has 2 heterocycles. The van der Waals surface area contributed by atoms with Crippen molar-refractivity contribution in [3.63, 3.8) is 0 Å². The van der Waals surface area contributed by atoms with E-state index in [1.807, 2.05) is 0 Å². The van der Waals surface area contributed by atoms with Crippen LogP contribution in [0.2, 0.25) is 0 Å². The number of aliphatic hydroxyl groups is 3. The minimum Gasteiger partial charge on any atom is -0.508 e. The molecule has 0 aromatic heterocycles. The third kappa shape index (κ3) is 9.91. The molecule has 0 unspecified atom stereocenters. The van der Waals surface area contributed by atoms with Crippen LogP contribution in [0, 0.1) is 0 Å². The summed E-state index contributed by atoms with van der Waals surface area (Å²) < 4.78 is 44.7. The first-order valence-electron chi connectivity index (χ1n) is 15.7. The Balaban J connectivity index is 1.58. The zero-order chi connectivity index (χ0) is 36.5. The van der Waals surface area contributed by atoms with E-state index in [2.05, 4.69) is 0 Å². The third-order valence-corrected chi connectivity index (χ3v) is 7.92. The number of carbonyl (C=O) groups is 3. The number of hydrogen-bond donors (Lipinski definition) is 5. The summed E-state index contributed by atoms with van der Waals surface area (Å²) in [5, 5.41) is 52.4. The van der Waals surface area contributed by atoms with Gasteiger partial charge >= 0.3 is 17.9 Å². The number of hydrogen-bond acceptors (Lipinski definition) is 16. The number of benzene rings is 2. The number of carbonyl (C=O) groups excluding carboxylic acids is 3. The maximum absolute atomic E-state index is 13.1. The predicted octanol–water partition coefficient (Wildman–Crippen LogP) is 0.723. The number of methoxy groups -OCH3 is 1. The summed E-state index contributed by atoms with van der Waals surface area (Å²) >= 11 is 0. The molecule has 5 N–H and O–H groups in total. The molecule has 16 heteroatoms. The average Bonchev–Trinajstić information content (AvgIpc) is 3.07. The van der Waals surface area contributed by atoms with Gasteiger partial charge in [-0.05, 0) is 54.8 Å². The molecule has 2 aliphatic rings. The summed E-state index contributed by atoms with van der Waals surface area (Å²) in [6.45, 7) is 3.00. The molecule has 0 saturated carbocycles. The fourth-order valence-corrected chi connectivity index (χ4v) is 5.50. The van der Waals surface area contributed by atoms with Gasteiger partial charge in [0, 0.05) is 19.9 Å². The highest BCUT2D eigenvalue weighted by molar-refractivity contribution is 5.87. The smallest absolute Gasteiger partial charge is 0.331 e. The van der Waals surface area contributed by atoms with Crippen LogP contribution in [0.4, 0.5) is 0 Å². The second kappa shape index (κ2) is 17.6. The van der Waals surface area contributed by atoms with E-state index in [0.29, 0.717) is 12.0 Å². The van der Waals surface area contributed by atoms with Crippen LogP contribution < -0.4 is 4.74 Å². The van der Waals surface area contributed by atoms with Crippen molar-refractivity contribution in [2.24, 2.45) is 0 Å². The number of rotatable bonds is 13. The first-order valence-corrected chi connectivity index (χ1v) is 15.7. The maximum atomic E-state index is 13.1. The quantitative estimate of drug-likeness (QED) is 0.110. The van der Waals surface area contributed by atoms with Crippen molar-refractivity contribution in [2.75, 3.05) is 20.3 Å². The molecule has 4 rings (SSSR count). The van der Waals surface area contributed by atoms with Crippen LogP contribution in [0.25, 0.3) is 6.08 Å². The minimum absolute atomic E-state index is 0.0127. The van der Waals surface area contributed by atoms with Gasteiger partial charge in [0.1, 0.15) is 30.2 Å². The number of aromatic hydroxyl groups is 2. The Morgan fingerprint density at radius 1 is 0.840 bits per heavy atom. The van der Waals surface area contributed by atoms with Gasteiger partial charge < -0.3 is 63.4 Å². The molecule has 2 aliphatic heterocycles. The molecule has 0 spiro atoms. The normalized spacial score (nSPS) is 29.7. The SMILES string of the molecule is COc1cc(/C=C/C(=O)O[C@H]2[C@H](O[C@@H]3O[C@@H](C)[C@H](OC(C)=O)[C@@H](OC(C)=O)[C@H]3O)[C@@H](O)[C@H](OCCc3ccc(O)cc3)O[C@@H]2CO)ccc1O. The van der Waals surface area contributed by atoms with Crippen LogP contribution in [-0.4, -0.2) is 125 Å². The van der Waals surface area contributed by atoms with E-state index in [-0.39, 0.29) is 23.9 Å². The van der Waals surface area contributed by atoms with Crippen LogP contribution in [0.5, 0.6) is 17.2 Å². The molecule has 0 bridgehead atoms. The molecule has 2 aromatic carbocycles. The van der Waals surface area contributed by atoms with Crippen LogP contribution in [0.15, 0.2) is 48.5 Å². The molecule has 2 fully saturated rings. The fourth-order valence-electron chi connectivity index (χ4n) is 5.50. The maximum Gasteiger partial charge on any atom is 0.331 e. The van der Waals surface area contributed by atoms with Crippen molar-refractivity contribution in [2.45, 2.75) is 88.6 Å². The third-order valence-electron chi connectivity index (χ3n) is 7.92. The van der Waals surface area contributed by atoms with E-state index in [9.17, 15) is 39.9 Å². The van der Waals surface area contributed by atoms with Gasteiger partial charge in [-0.2, -0.15) is 0 Å². The first-order chi connectivity index (χ1) is 23.8. The summed E-state index contributed by atoms with van der Waals surface area (Å²) in [6.07, 6.45) is -11.8. The summed E-state index contributed by atoms with van der Waals surface area (Å²) in [4.78, 5) is 36.8. The monoisotopic (exact) mass is 706 g/mol. The zero-order valence-electron chi connectivity index (χ0n) is 27.8. The lowest BCUT2D eigenvalue weighted by Gasteiger charge is -2.47. The van der Waals surface area contributed by atoms with Crippen molar-refractivity contribution in [3.8, 4) is 17.2 Å². The standard InChI is InChI=1S/C34H42O16/c1-17-29(46-18(2)36)31(47-19(3)37)28(42)34(45-17)50-32-27(41)33(44-14-13-20-5-9-22(38)10-6-20)48-25(16-35)30(32)49-26(40)12-8-21-7-11-23(39)24(15-21)43-4/h5-12,15,17,25,27-35,38-39,41-42H,13-14,16H2,1-4H3/b12-8+/t17-,25+,27+,28+,29-,30+,31-,32+,33+,34-/m0/s1. The lowest BCUT2D eigenvalue weighted by atomic mass is 9.96. The van der Waals surface area contributed by atoms with Crippen molar-refractivity contribution in [1.29, 1.82) is 0 Å². The van der Waals surface area contributed by atoms with Gasteiger partial charge in [-0.1, -0.05) is 18.2 Å². The Morgan fingerprint density at radius 3 is 2.14 bits per heavy atom. The minimum atomic E-state index is -1.77. The highest BCUT2D eigenvalue weighted by Crippen LogP contribution is 2.33. The van der Waals surface area contributed by atoms with Crippen LogP contribution in [0.3, 0.4) is 0 Å². The van der Waals surface area contributed by atoms with E-state index in [1.54, 1.807) is 12.1 Å². The second-order valence-electron chi connectivity index (χ2n) is 11.6. The Bertz CT molecular complexity index is 1480. The van der Waals surface area contributed by atoms with Gasteiger partial charge in [-0.3, -0.25) is 9.59 Å². The Morgan fingerprint density at radius 2 is 1.50 bits per heavy atom. The van der Waals surface area contributed by atoms with Crippen LogP contribution in [0.1, 0.15) is 31.9 Å². The number of esters is 3. The van der Waals surface area contributed by atoms with Crippen molar-refractivity contribution >= 4 is 24.0 Å². The molecule has 0 amide bonds. The van der Waals surface area contributed by atoms with E-state index in [1.165, 1.54) is 50.4 Å². The average molecular weight is 707 g/mol. The van der Waals surface area contributed by atoms with E-state index in [0.717, 1.165) is 25.5 Å². The van der Waals surface area contributed by atoms with Crippen molar-refractivity contribution < 1.29 is 77.8 Å². The number of ether oxygens (including phenoxy) is 8. The Kier molecular flexibility index (Phi) is 13.5. The molecule has 16 nitrogen and oxygen atoms in total. The summed E-state index contributed by atoms with van der Waals surface area (Å²) in [7, 11) is 1.36. The summed E-state index contributed by atoms with van der Waals surface area (Å²) in [5.74, 6) is -2.32. The molecule has 2 saturated heterocycles. The number of phenols is 2. The first kappa shape index (κ1) is 38.5. The predicted molar refractivity (Wildman–Crippen MR) is 169 cm³/mol. The molecular formula is C34H42O16. The van der Waals surface area contributed by atoms with Crippen LogP contribution in [-0.2, 0) is 54.0 Å². The van der Waals surface area contributed by atoms with Crippen molar-refractivity contribution in [3.05, 3.63) is 59.7 Å². The Hall–Kier alpha value is -4.29. The van der Waals surface area contributed by atoms with E-state index in [4.69, 9.17) is 37.9 Å². The number of phenolic OH excluding ortho intramolecular Hbond substituents is 2. The van der Waals surface area contributed by atoms with Gasteiger partial charge in [-0.25, -0.2) is 4.79 Å². The van der Waals surface area contributed by atoms with E-state index >= 15 is 0 Å². The topological polar surface area (TPSA) is 226 Å². The van der Waals surface area contributed by atoms with Crippen molar-refractivity contribution in [1.82, 2.24) is 0 Å². The number of aliphatic hydroxyl groups excluding tert-OH is 3. The highest BCUT2D eigenvalue weighted by atomic mass is 16.7. The van der Waals surface area contributed by atoms with Crippen LogP contribution >= 0.6 is 0 Å².